The molecule has 2 aliphatic rings. The first kappa shape index (κ1) is 27.8. The monoisotopic (exact) mass is 576 g/mol. The van der Waals surface area contributed by atoms with Crippen LogP contribution in [0.4, 0.5) is 0 Å². The lowest BCUT2D eigenvalue weighted by molar-refractivity contribution is 0.279. The van der Waals surface area contributed by atoms with Crippen LogP contribution >= 0.6 is 0 Å². The average Bonchev–Trinajstić information content (AvgIpc) is 3.62. The Kier molecular flexibility index (Phi) is 6.93. The van der Waals surface area contributed by atoms with Crippen LogP contribution in [0.15, 0.2) is 131 Å². The molecule has 44 heavy (non-hydrogen) atoms. The highest BCUT2D eigenvalue weighted by molar-refractivity contribution is 5.98. The molecule has 5 aromatic carbocycles. The molecule has 0 N–H and O–H groups in total. The predicted molar refractivity (Wildman–Crippen MR) is 181 cm³/mol. The minimum atomic E-state index is -0.213. The summed E-state index contributed by atoms with van der Waals surface area (Å²) in [4.78, 5) is 9.65. The van der Waals surface area contributed by atoms with Gasteiger partial charge in [-0.15, -0.1) is 0 Å². The Hall–Kier alpha value is -4.96. The Morgan fingerprint density at radius 3 is 1.09 bits per heavy atom. The van der Waals surface area contributed by atoms with Gasteiger partial charge in [-0.3, -0.25) is 0 Å². The Labute approximate surface area is 259 Å². The van der Waals surface area contributed by atoms with E-state index in [1.165, 1.54) is 11.1 Å². The Balaban J connectivity index is 1.35. The molecule has 0 atom stereocenters. The van der Waals surface area contributed by atoms with E-state index in [0.717, 1.165) is 44.5 Å². The third-order valence-electron chi connectivity index (χ3n) is 8.05. The summed E-state index contributed by atoms with van der Waals surface area (Å²) in [6, 6.07) is 43.1. The van der Waals surface area contributed by atoms with Crippen molar-refractivity contribution in [1.29, 1.82) is 0 Å². The third kappa shape index (κ3) is 5.80. The topological polar surface area (TPSA) is 43.2 Å². The lowest BCUT2D eigenvalue weighted by atomic mass is 9.91. The van der Waals surface area contributed by atoms with Crippen molar-refractivity contribution in [2.45, 2.75) is 38.8 Å². The summed E-state index contributed by atoms with van der Waals surface area (Å²) in [5.41, 5.74) is 10.7. The summed E-state index contributed by atoms with van der Waals surface area (Å²) < 4.78 is 12.0. The van der Waals surface area contributed by atoms with Crippen molar-refractivity contribution in [2.24, 2.45) is 9.98 Å². The molecule has 0 radical (unpaired) electrons. The molecule has 0 saturated carbocycles. The zero-order valence-corrected chi connectivity index (χ0v) is 25.7. The molecular formula is C40H36N2O2. The molecule has 4 heteroatoms. The van der Waals surface area contributed by atoms with Gasteiger partial charge in [0.2, 0.25) is 11.8 Å². The van der Waals surface area contributed by atoms with Gasteiger partial charge in [-0.25, -0.2) is 9.98 Å². The molecule has 0 fully saturated rings. The maximum absolute atomic E-state index is 5.99. The van der Waals surface area contributed by atoms with E-state index in [0.29, 0.717) is 25.0 Å². The van der Waals surface area contributed by atoms with Crippen LogP contribution in [0, 0.1) is 0 Å². The fourth-order valence-electron chi connectivity index (χ4n) is 5.76. The van der Waals surface area contributed by atoms with Crippen molar-refractivity contribution in [3.8, 4) is 44.5 Å². The third-order valence-corrected chi connectivity index (χ3v) is 8.05. The number of benzene rings is 5. The second kappa shape index (κ2) is 10.9. The van der Waals surface area contributed by atoms with Gasteiger partial charge in [0.15, 0.2) is 0 Å². The highest BCUT2D eigenvalue weighted by Gasteiger charge is 2.28. The molecule has 2 heterocycles. The van der Waals surface area contributed by atoms with Gasteiger partial charge in [0, 0.05) is 11.1 Å². The lowest BCUT2D eigenvalue weighted by Crippen LogP contribution is -2.17. The zero-order chi connectivity index (χ0) is 30.3. The number of nitrogens with zero attached hydrogens (tertiary/aromatic N) is 2. The minimum absolute atomic E-state index is 0.213. The standard InChI is InChI=1S/C40H36N2O2/c1-39(2)25-43-37(41-39)32-17-9-15-30(20-32)35-22-34(29-14-8-13-28(19-29)27-11-6-5-7-12-27)23-36(24-35)31-16-10-18-33(21-31)38-42-40(3,4)26-44-38/h5-24H,25-26H2,1-4H3. The van der Waals surface area contributed by atoms with Crippen molar-refractivity contribution in [3.63, 3.8) is 0 Å². The summed E-state index contributed by atoms with van der Waals surface area (Å²) in [5, 5.41) is 0. The fraction of sp³-hybridized carbons (Fsp3) is 0.200. The van der Waals surface area contributed by atoms with E-state index >= 15 is 0 Å². The van der Waals surface area contributed by atoms with E-state index in [1.807, 2.05) is 0 Å². The van der Waals surface area contributed by atoms with Gasteiger partial charge in [0.25, 0.3) is 0 Å². The van der Waals surface area contributed by atoms with Gasteiger partial charge in [0.05, 0.1) is 11.1 Å². The smallest absolute Gasteiger partial charge is 0.216 e. The van der Waals surface area contributed by atoms with Crippen LogP contribution in [0.2, 0.25) is 0 Å². The van der Waals surface area contributed by atoms with Crippen LogP contribution in [0.3, 0.4) is 0 Å². The molecule has 0 unspecified atom stereocenters. The quantitative estimate of drug-likeness (QED) is 0.202. The van der Waals surface area contributed by atoms with E-state index in [4.69, 9.17) is 19.5 Å². The van der Waals surface area contributed by atoms with Crippen molar-refractivity contribution in [3.05, 3.63) is 132 Å². The highest BCUT2D eigenvalue weighted by atomic mass is 16.5. The SMILES string of the molecule is CC1(C)COC(c2cccc(-c3cc(-c4cccc(C5=NC(C)(C)CO5)c4)cc(-c4cccc(-c5ccccc5)c4)c3)c2)=N1. The molecule has 0 saturated heterocycles. The average molecular weight is 577 g/mol. The largest absolute Gasteiger partial charge is 0.475 e. The van der Waals surface area contributed by atoms with Crippen LogP contribution < -0.4 is 0 Å². The van der Waals surface area contributed by atoms with E-state index < -0.39 is 0 Å². The van der Waals surface area contributed by atoms with Crippen molar-refractivity contribution in [2.75, 3.05) is 13.2 Å². The first-order valence-corrected chi connectivity index (χ1v) is 15.2. The maximum Gasteiger partial charge on any atom is 0.216 e. The summed E-state index contributed by atoms with van der Waals surface area (Å²) in [5.74, 6) is 1.41. The molecular weight excluding hydrogens is 540 g/mol. The van der Waals surface area contributed by atoms with Gasteiger partial charge in [0.1, 0.15) is 13.2 Å². The Bertz CT molecular complexity index is 1820. The zero-order valence-electron chi connectivity index (χ0n) is 25.7. The maximum atomic E-state index is 5.99. The molecule has 0 aliphatic carbocycles. The molecule has 4 nitrogen and oxygen atoms in total. The summed E-state index contributed by atoms with van der Waals surface area (Å²) in [7, 11) is 0. The summed E-state index contributed by atoms with van der Waals surface area (Å²) >= 11 is 0. The fourth-order valence-corrected chi connectivity index (χ4v) is 5.76. The second-order valence-electron chi connectivity index (χ2n) is 12.9. The molecule has 5 aromatic rings. The number of rotatable bonds is 6. The van der Waals surface area contributed by atoms with Crippen molar-refractivity contribution < 1.29 is 9.47 Å². The Morgan fingerprint density at radius 1 is 0.386 bits per heavy atom. The summed E-state index contributed by atoms with van der Waals surface area (Å²) in [6.45, 7) is 9.57. The van der Waals surface area contributed by atoms with E-state index in [2.05, 4.69) is 149 Å². The van der Waals surface area contributed by atoms with E-state index in [1.54, 1.807) is 0 Å². The number of aliphatic imine (C=N–C) groups is 2. The molecule has 2 aliphatic heterocycles. The molecule has 218 valence electrons. The van der Waals surface area contributed by atoms with Gasteiger partial charge in [-0.2, -0.15) is 0 Å². The lowest BCUT2D eigenvalue weighted by Gasteiger charge is -2.14. The first-order chi connectivity index (χ1) is 21.2. The molecule has 7 rings (SSSR count). The molecule has 0 spiro atoms. The minimum Gasteiger partial charge on any atom is -0.475 e. The second-order valence-corrected chi connectivity index (χ2v) is 12.9. The molecule has 0 amide bonds. The van der Waals surface area contributed by atoms with Crippen LogP contribution in [-0.2, 0) is 9.47 Å². The van der Waals surface area contributed by atoms with Gasteiger partial charge >= 0.3 is 0 Å². The molecule has 0 aromatic heterocycles. The van der Waals surface area contributed by atoms with Crippen molar-refractivity contribution >= 4 is 11.8 Å². The predicted octanol–water partition coefficient (Wildman–Crippen LogP) is 9.47. The van der Waals surface area contributed by atoms with Gasteiger partial charge in [-0.1, -0.05) is 72.8 Å². The number of ether oxygens (including phenoxy) is 2. The number of hydrogen-bond donors (Lipinski definition) is 0. The molecule has 0 bridgehead atoms. The van der Waals surface area contributed by atoms with Crippen LogP contribution in [0.1, 0.15) is 38.8 Å². The van der Waals surface area contributed by atoms with Gasteiger partial charge in [-0.05, 0) is 121 Å². The van der Waals surface area contributed by atoms with Crippen molar-refractivity contribution in [1.82, 2.24) is 0 Å². The van der Waals surface area contributed by atoms with Crippen LogP contribution in [-0.4, -0.2) is 36.1 Å². The van der Waals surface area contributed by atoms with Crippen LogP contribution in [0.25, 0.3) is 44.5 Å². The van der Waals surface area contributed by atoms with Crippen LogP contribution in [0.5, 0.6) is 0 Å². The first-order valence-electron chi connectivity index (χ1n) is 15.2. The summed E-state index contributed by atoms with van der Waals surface area (Å²) in [6.07, 6.45) is 0. The normalized spacial score (nSPS) is 16.5. The van der Waals surface area contributed by atoms with E-state index in [-0.39, 0.29) is 11.1 Å². The Morgan fingerprint density at radius 2 is 0.705 bits per heavy atom. The number of hydrogen-bond acceptors (Lipinski definition) is 4. The highest BCUT2D eigenvalue weighted by Crippen LogP contribution is 2.36. The van der Waals surface area contributed by atoms with Gasteiger partial charge < -0.3 is 9.47 Å². The van der Waals surface area contributed by atoms with E-state index in [9.17, 15) is 0 Å².